The fourth-order valence-electron chi connectivity index (χ4n) is 1.17. The molecular formula is C10H11F2N3O2. The highest BCUT2D eigenvalue weighted by atomic mass is 19.1. The molecule has 0 aliphatic rings. The lowest BCUT2D eigenvalue weighted by molar-refractivity contribution is -0.123. The summed E-state index contributed by atoms with van der Waals surface area (Å²) in [5.41, 5.74) is 10.1. The number of benzene rings is 1. The minimum Gasteiger partial charge on any atom is -0.370 e. The van der Waals surface area contributed by atoms with Crippen LogP contribution in [0.4, 0.5) is 14.5 Å². The Morgan fingerprint density at radius 3 is 2.24 bits per heavy atom. The van der Waals surface area contributed by atoms with Gasteiger partial charge in [0.15, 0.2) is 0 Å². The third kappa shape index (κ3) is 4.15. The van der Waals surface area contributed by atoms with E-state index in [4.69, 9.17) is 11.5 Å². The summed E-state index contributed by atoms with van der Waals surface area (Å²) in [6.45, 7) is 0. The van der Waals surface area contributed by atoms with Crippen molar-refractivity contribution in [2.24, 2.45) is 11.5 Å². The van der Waals surface area contributed by atoms with Crippen molar-refractivity contribution in [1.82, 2.24) is 0 Å². The Balaban J connectivity index is 2.70. The lowest BCUT2D eigenvalue weighted by atomic mass is 10.2. The van der Waals surface area contributed by atoms with Gasteiger partial charge in [0, 0.05) is 11.8 Å². The van der Waals surface area contributed by atoms with Gasteiger partial charge in [0.25, 0.3) is 0 Å². The molecule has 5 nitrogen and oxygen atoms in total. The van der Waals surface area contributed by atoms with Crippen molar-refractivity contribution >= 4 is 17.5 Å². The Kier molecular flexibility index (Phi) is 4.11. The summed E-state index contributed by atoms with van der Waals surface area (Å²) in [6, 6.07) is 1.37. The van der Waals surface area contributed by atoms with E-state index in [0.29, 0.717) is 6.07 Å². The predicted molar refractivity (Wildman–Crippen MR) is 56.8 cm³/mol. The van der Waals surface area contributed by atoms with E-state index in [9.17, 15) is 18.4 Å². The molecular weight excluding hydrogens is 232 g/mol. The average molecular weight is 243 g/mol. The van der Waals surface area contributed by atoms with E-state index in [-0.39, 0.29) is 12.1 Å². The highest BCUT2D eigenvalue weighted by molar-refractivity contribution is 5.97. The lowest BCUT2D eigenvalue weighted by Gasteiger charge is -2.10. The minimum atomic E-state index is -1.15. The molecule has 0 aliphatic carbocycles. The van der Waals surface area contributed by atoms with Gasteiger partial charge in [-0.25, -0.2) is 8.78 Å². The van der Waals surface area contributed by atoms with Gasteiger partial charge >= 0.3 is 0 Å². The summed E-state index contributed by atoms with van der Waals surface area (Å²) in [6.07, 6.45) is -0.344. The number of hydrogen-bond donors (Lipinski definition) is 3. The van der Waals surface area contributed by atoms with Crippen LogP contribution in [0, 0.1) is 11.6 Å². The number of halogens is 2. The number of carbonyl (C=O) groups excluding carboxylic acids is 2. The summed E-state index contributed by atoms with van der Waals surface area (Å²) < 4.78 is 25.6. The van der Waals surface area contributed by atoms with E-state index >= 15 is 0 Å². The zero-order chi connectivity index (χ0) is 13.0. The van der Waals surface area contributed by atoms with Crippen LogP contribution in [0.1, 0.15) is 6.42 Å². The Morgan fingerprint density at radius 1 is 1.24 bits per heavy atom. The highest BCUT2D eigenvalue weighted by Crippen LogP contribution is 2.13. The number of nitrogens with one attached hydrogen (secondary N) is 1. The molecule has 0 radical (unpaired) electrons. The Bertz CT molecular complexity index is 431. The molecule has 17 heavy (non-hydrogen) atoms. The summed E-state index contributed by atoms with van der Waals surface area (Å²) in [5.74, 6) is -3.14. The molecule has 1 rings (SSSR count). The molecule has 7 heteroatoms. The Hall–Kier alpha value is -2.02. The number of hydrogen-bond acceptors (Lipinski definition) is 3. The monoisotopic (exact) mass is 243 g/mol. The van der Waals surface area contributed by atoms with Crippen LogP contribution in [-0.2, 0) is 9.59 Å². The molecule has 0 bridgehead atoms. The number of rotatable bonds is 4. The van der Waals surface area contributed by atoms with Crippen LogP contribution in [0.15, 0.2) is 18.2 Å². The van der Waals surface area contributed by atoms with E-state index in [0.717, 1.165) is 12.1 Å². The van der Waals surface area contributed by atoms with Gasteiger partial charge in [-0.2, -0.15) is 0 Å². The zero-order valence-corrected chi connectivity index (χ0v) is 8.74. The van der Waals surface area contributed by atoms with Crippen LogP contribution in [0.25, 0.3) is 0 Å². The molecule has 0 saturated heterocycles. The van der Waals surface area contributed by atoms with Crippen LogP contribution in [0.5, 0.6) is 0 Å². The highest BCUT2D eigenvalue weighted by Gasteiger charge is 2.16. The van der Waals surface area contributed by atoms with E-state index < -0.39 is 29.5 Å². The molecule has 0 saturated carbocycles. The first-order valence-electron chi connectivity index (χ1n) is 4.69. The molecule has 5 N–H and O–H groups in total. The first-order chi connectivity index (χ1) is 7.88. The van der Waals surface area contributed by atoms with Crippen molar-refractivity contribution in [3.05, 3.63) is 29.8 Å². The molecule has 0 aromatic heterocycles. The molecule has 1 atom stereocenters. The first kappa shape index (κ1) is 13.0. The largest absolute Gasteiger partial charge is 0.370 e. The summed E-state index contributed by atoms with van der Waals surface area (Å²) in [4.78, 5) is 21.9. The van der Waals surface area contributed by atoms with Gasteiger partial charge in [-0.1, -0.05) is 0 Å². The second-order valence-corrected chi connectivity index (χ2v) is 3.42. The molecule has 0 heterocycles. The fourth-order valence-corrected chi connectivity index (χ4v) is 1.17. The summed E-state index contributed by atoms with van der Waals surface area (Å²) in [7, 11) is 0. The van der Waals surface area contributed by atoms with E-state index in [1.165, 1.54) is 0 Å². The van der Waals surface area contributed by atoms with Gasteiger partial charge in [-0.3, -0.25) is 9.59 Å². The van der Waals surface area contributed by atoms with Crippen LogP contribution < -0.4 is 16.8 Å². The molecule has 1 aromatic carbocycles. The summed E-state index contributed by atoms with van der Waals surface area (Å²) >= 11 is 0. The quantitative estimate of drug-likeness (QED) is 0.699. The number of carbonyl (C=O) groups is 2. The SMILES string of the molecule is NC(=O)CC(N)C(=O)Nc1cc(F)cc(F)c1. The number of amides is 2. The molecule has 1 unspecified atom stereocenters. The topological polar surface area (TPSA) is 98.2 Å². The van der Waals surface area contributed by atoms with Crippen molar-refractivity contribution in [1.29, 1.82) is 0 Å². The Labute approximate surface area is 95.8 Å². The van der Waals surface area contributed by atoms with Crippen molar-refractivity contribution in [2.75, 3.05) is 5.32 Å². The van der Waals surface area contributed by atoms with E-state index in [1.54, 1.807) is 0 Å². The van der Waals surface area contributed by atoms with Crippen LogP contribution in [-0.4, -0.2) is 17.9 Å². The van der Waals surface area contributed by atoms with Crippen molar-refractivity contribution in [2.45, 2.75) is 12.5 Å². The maximum absolute atomic E-state index is 12.8. The number of anilines is 1. The zero-order valence-electron chi connectivity index (χ0n) is 8.74. The first-order valence-corrected chi connectivity index (χ1v) is 4.69. The average Bonchev–Trinajstić information content (AvgIpc) is 2.14. The standard InChI is InChI=1S/C10H11F2N3O2/c11-5-1-6(12)3-7(2-5)15-10(17)8(13)4-9(14)16/h1-3,8H,4,13H2,(H2,14,16)(H,15,17). The van der Waals surface area contributed by atoms with Gasteiger partial charge in [0.05, 0.1) is 12.5 Å². The fraction of sp³-hybridized carbons (Fsp3) is 0.200. The number of nitrogens with two attached hydrogens (primary N) is 2. The van der Waals surface area contributed by atoms with Gasteiger partial charge < -0.3 is 16.8 Å². The van der Waals surface area contributed by atoms with Crippen LogP contribution in [0.2, 0.25) is 0 Å². The lowest BCUT2D eigenvalue weighted by Crippen LogP contribution is -2.39. The molecule has 0 spiro atoms. The second kappa shape index (κ2) is 5.35. The van der Waals surface area contributed by atoms with Crippen molar-refractivity contribution < 1.29 is 18.4 Å². The van der Waals surface area contributed by atoms with Crippen LogP contribution >= 0.6 is 0 Å². The number of primary amides is 1. The van der Waals surface area contributed by atoms with Gasteiger partial charge in [-0.15, -0.1) is 0 Å². The third-order valence-electron chi connectivity index (χ3n) is 1.89. The Morgan fingerprint density at radius 2 is 1.76 bits per heavy atom. The van der Waals surface area contributed by atoms with Crippen LogP contribution in [0.3, 0.4) is 0 Å². The van der Waals surface area contributed by atoms with Gasteiger partial charge in [0.1, 0.15) is 11.6 Å². The van der Waals surface area contributed by atoms with Gasteiger partial charge in [-0.05, 0) is 12.1 Å². The minimum absolute atomic E-state index is 0.0765. The third-order valence-corrected chi connectivity index (χ3v) is 1.89. The van der Waals surface area contributed by atoms with Crippen molar-refractivity contribution in [3.8, 4) is 0 Å². The maximum Gasteiger partial charge on any atom is 0.241 e. The maximum atomic E-state index is 12.8. The summed E-state index contributed by atoms with van der Waals surface area (Å²) in [5, 5.41) is 2.18. The van der Waals surface area contributed by atoms with Gasteiger partial charge in [0.2, 0.25) is 11.8 Å². The second-order valence-electron chi connectivity index (χ2n) is 3.42. The predicted octanol–water partition coefficient (Wildman–Crippen LogP) is 0.106. The van der Waals surface area contributed by atoms with Crippen molar-refractivity contribution in [3.63, 3.8) is 0 Å². The molecule has 0 fully saturated rings. The molecule has 0 aliphatic heterocycles. The molecule has 92 valence electrons. The molecule has 2 amide bonds. The van der Waals surface area contributed by atoms with E-state index in [1.807, 2.05) is 0 Å². The normalized spacial score (nSPS) is 11.9. The molecule has 1 aromatic rings. The van der Waals surface area contributed by atoms with E-state index in [2.05, 4.69) is 5.32 Å². The smallest absolute Gasteiger partial charge is 0.241 e.